The summed E-state index contributed by atoms with van der Waals surface area (Å²) in [6.07, 6.45) is 2.11. The SMILES string of the molecule is c1ccc(SCc2c[nH]c3ccccc23)cc1. The fourth-order valence-corrected chi connectivity index (χ4v) is 2.84. The maximum absolute atomic E-state index is 3.31. The molecular weight excluding hydrogens is 226 g/mol. The highest BCUT2D eigenvalue weighted by Gasteiger charge is 2.02. The smallest absolute Gasteiger partial charge is 0.0457 e. The zero-order valence-corrected chi connectivity index (χ0v) is 10.2. The highest BCUT2D eigenvalue weighted by atomic mass is 32.2. The summed E-state index contributed by atoms with van der Waals surface area (Å²) in [6, 6.07) is 19.0. The first-order valence-corrected chi connectivity index (χ1v) is 6.65. The number of H-pyrrole nitrogens is 1. The van der Waals surface area contributed by atoms with E-state index in [1.165, 1.54) is 21.4 Å². The van der Waals surface area contributed by atoms with E-state index in [2.05, 4.69) is 65.8 Å². The predicted molar refractivity (Wildman–Crippen MR) is 74.3 cm³/mol. The Kier molecular flexibility index (Phi) is 2.88. The van der Waals surface area contributed by atoms with Gasteiger partial charge in [0.25, 0.3) is 0 Å². The van der Waals surface area contributed by atoms with Gasteiger partial charge in [-0.2, -0.15) is 0 Å². The normalized spacial score (nSPS) is 10.8. The molecule has 0 fully saturated rings. The zero-order valence-electron chi connectivity index (χ0n) is 9.39. The average molecular weight is 239 g/mol. The van der Waals surface area contributed by atoms with Crippen molar-refractivity contribution in [3.8, 4) is 0 Å². The predicted octanol–water partition coefficient (Wildman–Crippen LogP) is 4.46. The Bertz CT molecular complexity index is 613. The summed E-state index contributed by atoms with van der Waals surface area (Å²) in [4.78, 5) is 4.63. The molecule has 0 bridgehead atoms. The molecule has 2 aromatic carbocycles. The Labute approximate surface area is 105 Å². The van der Waals surface area contributed by atoms with Crippen LogP contribution in [0.2, 0.25) is 0 Å². The summed E-state index contributed by atoms with van der Waals surface area (Å²) in [5.74, 6) is 1.01. The summed E-state index contributed by atoms with van der Waals surface area (Å²) in [5, 5.41) is 1.33. The van der Waals surface area contributed by atoms with E-state index < -0.39 is 0 Å². The minimum atomic E-state index is 1.01. The van der Waals surface area contributed by atoms with E-state index >= 15 is 0 Å². The van der Waals surface area contributed by atoms with Gasteiger partial charge in [0.15, 0.2) is 0 Å². The van der Waals surface area contributed by atoms with Gasteiger partial charge in [0, 0.05) is 27.7 Å². The van der Waals surface area contributed by atoms with E-state index in [4.69, 9.17) is 0 Å². The van der Waals surface area contributed by atoms with E-state index in [9.17, 15) is 0 Å². The van der Waals surface area contributed by atoms with E-state index in [0.29, 0.717) is 0 Å². The van der Waals surface area contributed by atoms with Crippen LogP contribution in [0.15, 0.2) is 65.7 Å². The molecule has 1 aromatic heterocycles. The van der Waals surface area contributed by atoms with Gasteiger partial charge in [-0.05, 0) is 23.8 Å². The van der Waals surface area contributed by atoms with Gasteiger partial charge >= 0.3 is 0 Å². The number of aromatic amines is 1. The Morgan fingerprint density at radius 1 is 0.882 bits per heavy atom. The van der Waals surface area contributed by atoms with Crippen molar-refractivity contribution in [2.45, 2.75) is 10.6 Å². The van der Waals surface area contributed by atoms with Crippen LogP contribution in [0.3, 0.4) is 0 Å². The molecule has 0 amide bonds. The Balaban J connectivity index is 1.82. The van der Waals surface area contributed by atoms with Crippen molar-refractivity contribution < 1.29 is 0 Å². The first-order valence-electron chi connectivity index (χ1n) is 5.66. The van der Waals surface area contributed by atoms with Crippen molar-refractivity contribution in [1.82, 2.24) is 4.98 Å². The van der Waals surface area contributed by atoms with Crippen molar-refractivity contribution in [1.29, 1.82) is 0 Å². The van der Waals surface area contributed by atoms with Crippen molar-refractivity contribution in [3.63, 3.8) is 0 Å². The Hall–Kier alpha value is -1.67. The second kappa shape index (κ2) is 4.68. The molecule has 0 saturated carbocycles. The monoisotopic (exact) mass is 239 g/mol. The molecule has 3 rings (SSSR count). The van der Waals surface area contributed by atoms with Crippen LogP contribution in [0, 0.1) is 0 Å². The quantitative estimate of drug-likeness (QED) is 0.667. The lowest BCUT2D eigenvalue weighted by atomic mass is 10.2. The molecule has 0 aliphatic carbocycles. The summed E-state index contributed by atoms with van der Waals surface area (Å²) in [5.41, 5.74) is 2.59. The van der Waals surface area contributed by atoms with Crippen LogP contribution in [0.25, 0.3) is 10.9 Å². The fraction of sp³-hybridized carbons (Fsp3) is 0.0667. The van der Waals surface area contributed by atoms with Crippen LogP contribution in [0.1, 0.15) is 5.56 Å². The lowest BCUT2D eigenvalue weighted by molar-refractivity contribution is 1.38. The number of aromatic nitrogens is 1. The van der Waals surface area contributed by atoms with Crippen LogP contribution in [-0.2, 0) is 5.75 Å². The van der Waals surface area contributed by atoms with E-state index in [-0.39, 0.29) is 0 Å². The molecule has 0 radical (unpaired) electrons. The van der Waals surface area contributed by atoms with Crippen LogP contribution in [0.4, 0.5) is 0 Å². The molecule has 17 heavy (non-hydrogen) atoms. The molecule has 1 heterocycles. The number of hydrogen-bond donors (Lipinski definition) is 1. The Morgan fingerprint density at radius 3 is 2.53 bits per heavy atom. The molecule has 1 nitrogen and oxygen atoms in total. The number of para-hydroxylation sites is 1. The van der Waals surface area contributed by atoms with Gasteiger partial charge in [-0.3, -0.25) is 0 Å². The molecule has 3 aromatic rings. The summed E-state index contributed by atoms with van der Waals surface area (Å²) in [7, 11) is 0. The number of benzene rings is 2. The maximum Gasteiger partial charge on any atom is 0.0457 e. The van der Waals surface area contributed by atoms with Gasteiger partial charge < -0.3 is 4.98 Å². The Morgan fingerprint density at radius 2 is 1.65 bits per heavy atom. The second-order valence-corrected chi connectivity index (χ2v) is 5.01. The minimum absolute atomic E-state index is 1.01. The van der Waals surface area contributed by atoms with Gasteiger partial charge in [-0.1, -0.05) is 36.4 Å². The van der Waals surface area contributed by atoms with Gasteiger partial charge in [0.2, 0.25) is 0 Å². The number of fused-ring (bicyclic) bond motifs is 1. The fourth-order valence-electron chi connectivity index (χ4n) is 1.93. The minimum Gasteiger partial charge on any atom is -0.361 e. The molecule has 1 N–H and O–H groups in total. The third-order valence-electron chi connectivity index (χ3n) is 2.81. The summed E-state index contributed by atoms with van der Waals surface area (Å²) < 4.78 is 0. The van der Waals surface area contributed by atoms with Gasteiger partial charge in [0.05, 0.1) is 0 Å². The standard InChI is InChI=1S/C15H13NS/c1-2-6-13(7-3-1)17-11-12-10-16-15-9-5-4-8-14(12)15/h1-10,16H,11H2. The van der Waals surface area contributed by atoms with E-state index in [1.54, 1.807) is 0 Å². The van der Waals surface area contributed by atoms with Gasteiger partial charge in [-0.25, -0.2) is 0 Å². The van der Waals surface area contributed by atoms with Crippen molar-refractivity contribution in [3.05, 3.63) is 66.4 Å². The first-order chi connectivity index (χ1) is 8.43. The number of hydrogen-bond acceptors (Lipinski definition) is 1. The lowest BCUT2D eigenvalue weighted by Gasteiger charge is -2.00. The first kappa shape index (κ1) is 10.5. The molecular formula is C15H13NS. The van der Waals surface area contributed by atoms with Crippen molar-refractivity contribution >= 4 is 22.7 Å². The second-order valence-electron chi connectivity index (χ2n) is 3.96. The van der Waals surface area contributed by atoms with Crippen molar-refractivity contribution in [2.24, 2.45) is 0 Å². The molecule has 0 atom stereocenters. The highest BCUT2D eigenvalue weighted by Crippen LogP contribution is 2.26. The molecule has 0 aliphatic rings. The van der Waals surface area contributed by atoms with Crippen LogP contribution in [-0.4, -0.2) is 4.98 Å². The van der Waals surface area contributed by atoms with E-state index in [1.807, 2.05) is 11.8 Å². The summed E-state index contributed by atoms with van der Waals surface area (Å²) >= 11 is 1.87. The van der Waals surface area contributed by atoms with Gasteiger partial charge in [0.1, 0.15) is 0 Å². The largest absolute Gasteiger partial charge is 0.361 e. The zero-order chi connectivity index (χ0) is 11.5. The molecule has 0 aliphatic heterocycles. The average Bonchev–Trinajstić information content (AvgIpc) is 2.81. The third kappa shape index (κ3) is 2.22. The summed E-state index contributed by atoms with van der Waals surface area (Å²) in [6.45, 7) is 0. The highest BCUT2D eigenvalue weighted by molar-refractivity contribution is 7.98. The van der Waals surface area contributed by atoms with Crippen LogP contribution < -0.4 is 0 Å². The van der Waals surface area contributed by atoms with Crippen molar-refractivity contribution in [2.75, 3.05) is 0 Å². The third-order valence-corrected chi connectivity index (χ3v) is 3.87. The molecule has 0 saturated heterocycles. The number of thioether (sulfide) groups is 1. The lowest BCUT2D eigenvalue weighted by Crippen LogP contribution is -1.77. The maximum atomic E-state index is 3.31. The van der Waals surface area contributed by atoms with Gasteiger partial charge in [-0.15, -0.1) is 11.8 Å². The molecule has 0 unspecified atom stereocenters. The number of rotatable bonds is 3. The number of nitrogens with one attached hydrogen (secondary N) is 1. The van der Waals surface area contributed by atoms with Crippen LogP contribution in [0.5, 0.6) is 0 Å². The molecule has 2 heteroatoms. The van der Waals surface area contributed by atoms with Crippen LogP contribution >= 0.6 is 11.8 Å². The topological polar surface area (TPSA) is 15.8 Å². The molecule has 84 valence electrons. The molecule has 0 spiro atoms. The van der Waals surface area contributed by atoms with E-state index in [0.717, 1.165) is 5.75 Å².